The Morgan fingerprint density at radius 1 is 1.69 bits per heavy atom. The van der Waals surface area contributed by atoms with Crippen LogP contribution in [0.3, 0.4) is 0 Å². The standard InChI is InChI=1S/C8H10N2O3/c1-2-4-3-5(9)7(11)10-6(4)8(12)13/h3H,2,9H2,1H3,(H,10,11)(H,12,13). The number of nitrogens with one attached hydrogen (secondary N) is 1. The van der Waals surface area contributed by atoms with Crippen LogP contribution < -0.4 is 11.3 Å². The first-order chi connectivity index (χ1) is 6.06. The van der Waals surface area contributed by atoms with E-state index in [-0.39, 0.29) is 11.4 Å². The number of carbonyl (C=O) groups is 1. The lowest BCUT2D eigenvalue weighted by atomic mass is 10.1. The molecule has 0 radical (unpaired) electrons. The van der Waals surface area contributed by atoms with E-state index < -0.39 is 11.5 Å². The van der Waals surface area contributed by atoms with Gasteiger partial charge < -0.3 is 15.8 Å². The highest BCUT2D eigenvalue weighted by Crippen LogP contribution is 2.07. The summed E-state index contributed by atoms with van der Waals surface area (Å²) >= 11 is 0. The molecule has 0 amide bonds. The molecule has 1 heterocycles. The molecule has 13 heavy (non-hydrogen) atoms. The molecule has 0 saturated heterocycles. The van der Waals surface area contributed by atoms with Gasteiger partial charge in [0.1, 0.15) is 5.69 Å². The predicted molar refractivity (Wildman–Crippen MR) is 47.8 cm³/mol. The molecule has 0 atom stereocenters. The Morgan fingerprint density at radius 3 is 2.77 bits per heavy atom. The number of nitrogens with two attached hydrogens (primary N) is 1. The van der Waals surface area contributed by atoms with Gasteiger partial charge in [0.2, 0.25) is 0 Å². The Balaban J connectivity index is 3.42. The van der Waals surface area contributed by atoms with Crippen molar-refractivity contribution in [2.75, 3.05) is 5.73 Å². The third-order valence-corrected chi connectivity index (χ3v) is 1.75. The van der Waals surface area contributed by atoms with Gasteiger partial charge in [0, 0.05) is 0 Å². The molecule has 0 saturated carbocycles. The van der Waals surface area contributed by atoms with Crippen molar-refractivity contribution in [3.05, 3.63) is 27.7 Å². The molecule has 4 N–H and O–H groups in total. The fraction of sp³-hybridized carbons (Fsp3) is 0.250. The minimum Gasteiger partial charge on any atom is -0.477 e. The number of carboxylic acid groups (broad SMARTS) is 1. The normalized spacial score (nSPS) is 9.92. The smallest absolute Gasteiger partial charge is 0.352 e. The summed E-state index contributed by atoms with van der Waals surface area (Å²) in [4.78, 5) is 23.8. The molecule has 5 nitrogen and oxygen atoms in total. The van der Waals surface area contributed by atoms with Crippen LogP contribution >= 0.6 is 0 Å². The van der Waals surface area contributed by atoms with Crippen LogP contribution in [0.5, 0.6) is 0 Å². The molecule has 1 aromatic heterocycles. The molecule has 70 valence electrons. The molecule has 1 rings (SSSR count). The number of aromatic nitrogens is 1. The maximum atomic E-state index is 11.0. The van der Waals surface area contributed by atoms with E-state index in [0.717, 1.165) is 0 Å². The lowest BCUT2D eigenvalue weighted by molar-refractivity contribution is 0.0689. The summed E-state index contributed by atoms with van der Waals surface area (Å²) < 4.78 is 0. The highest BCUT2D eigenvalue weighted by Gasteiger charge is 2.11. The molecule has 0 aliphatic carbocycles. The second kappa shape index (κ2) is 3.30. The van der Waals surface area contributed by atoms with Gasteiger partial charge >= 0.3 is 5.97 Å². The van der Waals surface area contributed by atoms with E-state index in [1.165, 1.54) is 6.07 Å². The van der Waals surface area contributed by atoms with Gasteiger partial charge in [0.05, 0.1) is 5.69 Å². The second-order valence-corrected chi connectivity index (χ2v) is 2.61. The molecule has 0 spiro atoms. The maximum absolute atomic E-state index is 11.0. The van der Waals surface area contributed by atoms with E-state index in [0.29, 0.717) is 12.0 Å². The Kier molecular flexibility index (Phi) is 2.36. The summed E-state index contributed by atoms with van der Waals surface area (Å²) in [5, 5.41) is 8.70. The number of rotatable bonds is 2. The van der Waals surface area contributed by atoms with Crippen molar-refractivity contribution in [1.82, 2.24) is 4.98 Å². The van der Waals surface area contributed by atoms with E-state index in [9.17, 15) is 9.59 Å². The third kappa shape index (κ3) is 1.69. The summed E-state index contributed by atoms with van der Waals surface area (Å²) in [6.45, 7) is 1.79. The molecule has 0 aromatic carbocycles. The van der Waals surface area contributed by atoms with Gasteiger partial charge in [0.25, 0.3) is 5.56 Å². The average Bonchev–Trinajstić information content (AvgIpc) is 2.08. The third-order valence-electron chi connectivity index (χ3n) is 1.75. The van der Waals surface area contributed by atoms with Crippen molar-refractivity contribution >= 4 is 11.7 Å². The SMILES string of the molecule is CCc1cc(N)c(=O)[nH]c1C(=O)O. The van der Waals surface area contributed by atoms with Crippen molar-refractivity contribution < 1.29 is 9.90 Å². The summed E-state index contributed by atoms with van der Waals surface area (Å²) in [6.07, 6.45) is 0.516. The lowest BCUT2D eigenvalue weighted by Crippen LogP contribution is -2.18. The summed E-state index contributed by atoms with van der Waals surface area (Å²) in [7, 11) is 0. The zero-order valence-corrected chi connectivity index (χ0v) is 7.13. The van der Waals surface area contributed by atoms with Crippen LogP contribution in [-0.4, -0.2) is 16.1 Å². The first-order valence-electron chi connectivity index (χ1n) is 3.81. The lowest BCUT2D eigenvalue weighted by Gasteiger charge is -2.03. The summed E-state index contributed by atoms with van der Waals surface area (Å²) in [5.74, 6) is -1.14. The number of aromatic amines is 1. The predicted octanol–water partition coefficient (Wildman–Crippen LogP) is 0.218. The molecular weight excluding hydrogens is 172 g/mol. The monoisotopic (exact) mass is 182 g/mol. The molecule has 0 aliphatic rings. The molecule has 0 fully saturated rings. The van der Waals surface area contributed by atoms with Gasteiger partial charge in [0.15, 0.2) is 0 Å². The molecule has 0 unspecified atom stereocenters. The van der Waals surface area contributed by atoms with Crippen LogP contribution in [0.4, 0.5) is 5.69 Å². The zero-order valence-electron chi connectivity index (χ0n) is 7.13. The van der Waals surface area contributed by atoms with Crippen LogP contribution in [0.1, 0.15) is 23.0 Å². The van der Waals surface area contributed by atoms with Crippen molar-refractivity contribution in [3.63, 3.8) is 0 Å². The van der Waals surface area contributed by atoms with Gasteiger partial charge in [-0.05, 0) is 18.1 Å². The van der Waals surface area contributed by atoms with Gasteiger partial charge in [-0.2, -0.15) is 0 Å². The average molecular weight is 182 g/mol. The number of anilines is 1. The minimum absolute atomic E-state index is 0.0434. The minimum atomic E-state index is -1.14. The van der Waals surface area contributed by atoms with Crippen molar-refractivity contribution in [1.29, 1.82) is 0 Å². The molecule has 1 aromatic rings. The fourth-order valence-electron chi connectivity index (χ4n) is 1.06. The highest BCUT2D eigenvalue weighted by molar-refractivity contribution is 5.87. The Morgan fingerprint density at radius 2 is 2.31 bits per heavy atom. The highest BCUT2D eigenvalue weighted by atomic mass is 16.4. The van der Waals surface area contributed by atoms with Crippen molar-refractivity contribution in [3.8, 4) is 0 Å². The number of hydrogen-bond donors (Lipinski definition) is 3. The quantitative estimate of drug-likeness (QED) is 0.609. The van der Waals surface area contributed by atoms with E-state index >= 15 is 0 Å². The zero-order chi connectivity index (χ0) is 10.0. The molecule has 5 heteroatoms. The number of carboxylic acids is 1. The molecule has 0 aliphatic heterocycles. The van der Waals surface area contributed by atoms with E-state index in [1.807, 2.05) is 0 Å². The van der Waals surface area contributed by atoms with E-state index in [2.05, 4.69) is 4.98 Å². The van der Waals surface area contributed by atoms with Crippen molar-refractivity contribution in [2.24, 2.45) is 0 Å². The fourth-order valence-corrected chi connectivity index (χ4v) is 1.06. The largest absolute Gasteiger partial charge is 0.477 e. The number of pyridine rings is 1. The first kappa shape index (κ1) is 9.31. The van der Waals surface area contributed by atoms with E-state index in [4.69, 9.17) is 10.8 Å². The van der Waals surface area contributed by atoms with Gasteiger partial charge in [-0.1, -0.05) is 6.92 Å². The Labute approximate surface area is 74.2 Å². The summed E-state index contributed by atoms with van der Waals surface area (Å²) in [5.41, 5.74) is 5.26. The maximum Gasteiger partial charge on any atom is 0.352 e. The van der Waals surface area contributed by atoms with Crippen LogP contribution in [-0.2, 0) is 6.42 Å². The molecule has 0 bridgehead atoms. The molecular formula is C8H10N2O3. The number of aromatic carboxylic acids is 1. The number of aryl methyl sites for hydroxylation is 1. The number of hydrogen-bond acceptors (Lipinski definition) is 3. The first-order valence-corrected chi connectivity index (χ1v) is 3.81. The van der Waals surface area contributed by atoms with Crippen LogP contribution in [0.15, 0.2) is 10.9 Å². The topological polar surface area (TPSA) is 96.2 Å². The van der Waals surface area contributed by atoms with Crippen molar-refractivity contribution in [2.45, 2.75) is 13.3 Å². The van der Waals surface area contributed by atoms with Crippen LogP contribution in [0.25, 0.3) is 0 Å². The van der Waals surface area contributed by atoms with Crippen LogP contribution in [0.2, 0.25) is 0 Å². The van der Waals surface area contributed by atoms with Gasteiger partial charge in [-0.25, -0.2) is 4.79 Å². The van der Waals surface area contributed by atoms with E-state index in [1.54, 1.807) is 6.92 Å². The number of H-pyrrole nitrogens is 1. The number of nitrogen functional groups attached to an aromatic ring is 1. The Bertz CT molecular complexity index is 395. The van der Waals surface area contributed by atoms with Crippen LogP contribution in [0, 0.1) is 0 Å². The second-order valence-electron chi connectivity index (χ2n) is 2.61. The summed E-state index contributed by atoms with van der Waals surface area (Å²) in [6, 6.07) is 1.39. The van der Waals surface area contributed by atoms with Gasteiger partial charge in [-0.3, -0.25) is 4.79 Å². The van der Waals surface area contributed by atoms with Gasteiger partial charge in [-0.15, -0.1) is 0 Å². The Hall–Kier alpha value is -1.78.